The van der Waals surface area contributed by atoms with Gasteiger partial charge in [0.2, 0.25) is 5.75 Å². The molecule has 6 nitrogen and oxygen atoms in total. The number of benzene rings is 2. The predicted octanol–water partition coefficient (Wildman–Crippen LogP) is 3.34. The lowest BCUT2D eigenvalue weighted by Crippen LogP contribution is -2.52. The zero-order valence-corrected chi connectivity index (χ0v) is 16.1. The molecule has 1 fully saturated rings. The average molecular weight is 381 g/mol. The lowest BCUT2D eigenvalue weighted by Gasteiger charge is -2.44. The van der Waals surface area contributed by atoms with E-state index in [1.165, 1.54) is 7.11 Å². The second kappa shape index (κ2) is 7.19. The number of methoxy groups -OCH3 is 2. The summed E-state index contributed by atoms with van der Waals surface area (Å²) in [5, 5.41) is 0. The number of ketones is 1. The van der Waals surface area contributed by atoms with Crippen molar-refractivity contribution in [1.82, 2.24) is 4.90 Å². The maximum Gasteiger partial charge on any atom is 0.253 e. The Morgan fingerprint density at radius 1 is 1.04 bits per heavy atom. The van der Waals surface area contributed by atoms with Crippen molar-refractivity contribution >= 4 is 11.7 Å². The molecule has 0 aromatic heterocycles. The van der Waals surface area contributed by atoms with Gasteiger partial charge in [-0.15, -0.1) is 0 Å². The number of hydrogen-bond donors (Lipinski definition) is 0. The molecule has 2 aromatic carbocycles. The summed E-state index contributed by atoms with van der Waals surface area (Å²) in [5.41, 5.74) is 0.582. The van der Waals surface area contributed by atoms with E-state index in [4.69, 9.17) is 14.2 Å². The lowest BCUT2D eigenvalue weighted by molar-refractivity contribution is -0.00745. The monoisotopic (exact) mass is 381 g/mol. The van der Waals surface area contributed by atoms with Crippen LogP contribution in [0, 0.1) is 0 Å². The maximum atomic E-state index is 12.8. The van der Waals surface area contributed by atoms with Gasteiger partial charge >= 0.3 is 0 Å². The van der Waals surface area contributed by atoms with Crippen molar-refractivity contribution in [2.45, 2.75) is 24.9 Å². The summed E-state index contributed by atoms with van der Waals surface area (Å²) in [4.78, 5) is 27.3. The molecular formula is C22H23NO5. The molecule has 0 aliphatic carbocycles. The Morgan fingerprint density at radius 2 is 1.75 bits per heavy atom. The molecule has 2 aliphatic rings. The van der Waals surface area contributed by atoms with Crippen molar-refractivity contribution in [1.29, 1.82) is 0 Å². The Bertz CT molecular complexity index is 901. The summed E-state index contributed by atoms with van der Waals surface area (Å²) in [7, 11) is 3.09. The van der Waals surface area contributed by atoms with Crippen LogP contribution in [0.5, 0.6) is 17.2 Å². The topological polar surface area (TPSA) is 65.1 Å². The van der Waals surface area contributed by atoms with Gasteiger partial charge in [0.1, 0.15) is 5.60 Å². The zero-order valence-electron chi connectivity index (χ0n) is 16.1. The molecule has 0 unspecified atom stereocenters. The van der Waals surface area contributed by atoms with Crippen LogP contribution >= 0.6 is 0 Å². The standard InChI is InChI=1S/C22H23NO5/c1-26-18-9-8-16-17(24)14-22(28-19(16)20(18)27-2)10-12-23(13-11-22)21(25)15-6-4-3-5-7-15/h3-9H,10-14H2,1-2H3. The van der Waals surface area contributed by atoms with Gasteiger partial charge in [0.25, 0.3) is 5.91 Å². The maximum absolute atomic E-state index is 12.8. The van der Waals surface area contributed by atoms with Crippen molar-refractivity contribution in [3.05, 3.63) is 53.6 Å². The summed E-state index contributed by atoms with van der Waals surface area (Å²) >= 11 is 0. The molecule has 0 atom stereocenters. The highest BCUT2D eigenvalue weighted by atomic mass is 16.5. The fraction of sp³-hybridized carbons (Fsp3) is 0.364. The van der Waals surface area contributed by atoms with E-state index in [2.05, 4.69) is 0 Å². The fourth-order valence-electron chi connectivity index (χ4n) is 4.02. The van der Waals surface area contributed by atoms with Gasteiger partial charge in [-0.25, -0.2) is 0 Å². The molecule has 2 heterocycles. The SMILES string of the molecule is COc1ccc2c(c1OC)OC1(CCN(C(=O)c3ccccc3)CC1)CC2=O. The fourth-order valence-corrected chi connectivity index (χ4v) is 4.02. The van der Waals surface area contributed by atoms with Crippen LogP contribution in [0.2, 0.25) is 0 Å². The molecule has 1 spiro atoms. The highest BCUT2D eigenvalue weighted by molar-refractivity contribution is 6.01. The van der Waals surface area contributed by atoms with Gasteiger partial charge in [-0.1, -0.05) is 18.2 Å². The third-order valence-corrected chi connectivity index (χ3v) is 5.58. The predicted molar refractivity (Wildman–Crippen MR) is 103 cm³/mol. The van der Waals surface area contributed by atoms with E-state index in [0.717, 1.165) is 0 Å². The molecule has 0 bridgehead atoms. The molecule has 2 aromatic rings. The Balaban J connectivity index is 1.55. The van der Waals surface area contributed by atoms with E-state index < -0.39 is 5.60 Å². The van der Waals surface area contributed by atoms with Gasteiger partial charge in [0.05, 0.1) is 26.2 Å². The number of amides is 1. The summed E-state index contributed by atoms with van der Waals surface area (Å²) in [6, 6.07) is 12.7. The Labute approximate surface area is 164 Å². The van der Waals surface area contributed by atoms with Crippen LogP contribution in [0.25, 0.3) is 0 Å². The molecule has 146 valence electrons. The van der Waals surface area contributed by atoms with E-state index in [-0.39, 0.29) is 11.7 Å². The van der Waals surface area contributed by atoms with Crippen molar-refractivity contribution in [2.24, 2.45) is 0 Å². The van der Waals surface area contributed by atoms with Crippen molar-refractivity contribution in [3.8, 4) is 17.2 Å². The first-order valence-electron chi connectivity index (χ1n) is 9.38. The van der Waals surface area contributed by atoms with E-state index >= 15 is 0 Å². The first-order chi connectivity index (χ1) is 13.6. The van der Waals surface area contributed by atoms with Crippen LogP contribution in [0.15, 0.2) is 42.5 Å². The molecule has 2 aliphatic heterocycles. The minimum atomic E-state index is -0.614. The third-order valence-electron chi connectivity index (χ3n) is 5.58. The molecule has 0 saturated carbocycles. The number of carbonyl (C=O) groups excluding carboxylic acids is 2. The van der Waals surface area contributed by atoms with Gasteiger partial charge in [-0.2, -0.15) is 0 Å². The molecule has 4 rings (SSSR count). The second-order valence-corrected chi connectivity index (χ2v) is 7.22. The summed E-state index contributed by atoms with van der Waals surface area (Å²) < 4.78 is 17.2. The Kier molecular flexibility index (Phi) is 4.71. The summed E-state index contributed by atoms with van der Waals surface area (Å²) in [6.07, 6.45) is 1.50. The molecule has 0 N–H and O–H groups in total. The van der Waals surface area contributed by atoms with Crippen molar-refractivity contribution < 1.29 is 23.8 Å². The number of fused-ring (bicyclic) bond motifs is 1. The number of rotatable bonds is 3. The second-order valence-electron chi connectivity index (χ2n) is 7.22. The highest BCUT2D eigenvalue weighted by Crippen LogP contribution is 2.47. The number of Topliss-reactive ketones (excluding diaryl/α,β-unsaturated/α-hetero) is 1. The van der Waals surface area contributed by atoms with E-state index in [9.17, 15) is 9.59 Å². The van der Waals surface area contributed by atoms with Gasteiger partial charge in [0, 0.05) is 31.5 Å². The van der Waals surface area contributed by atoms with Crippen molar-refractivity contribution in [2.75, 3.05) is 27.3 Å². The first-order valence-corrected chi connectivity index (χ1v) is 9.38. The quantitative estimate of drug-likeness (QED) is 0.816. The van der Waals surface area contributed by atoms with Gasteiger partial charge < -0.3 is 19.1 Å². The smallest absolute Gasteiger partial charge is 0.253 e. The minimum Gasteiger partial charge on any atom is -0.493 e. The third kappa shape index (κ3) is 3.09. The Morgan fingerprint density at radius 3 is 2.39 bits per heavy atom. The number of piperidine rings is 1. The molecule has 1 saturated heterocycles. The first kappa shape index (κ1) is 18.3. The molecule has 1 amide bonds. The van der Waals surface area contributed by atoms with E-state index in [1.54, 1.807) is 19.2 Å². The summed E-state index contributed by atoms with van der Waals surface area (Å²) in [6.45, 7) is 1.09. The van der Waals surface area contributed by atoms with Crippen LogP contribution in [0.4, 0.5) is 0 Å². The molecule has 28 heavy (non-hydrogen) atoms. The van der Waals surface area contributed by atoms with Gasteiger partial charge in [-0.3, -0.25) is 9.59 Å². The number of carbonyl (C=O) groups is 2. The van der Waals surface area contributed by atoms with Crippen LogP contribution < -0.4 is 14.2 Å². The largest absolute Gasteiger partial charge is 0.493 e. The number of ether oxygens (including phenoxy) is 3. The Hall–Kier alpha value is -3.02. The normalized spacial score (nSPS) is 17.6. The molecule has 0 radical (unpaired) electrons. The van der Waals surface area contributed by atoms with Gasteiger partial charge in [0.15, 0.2) is 17.3 Å². The lowest BCUT2D eigenvalue weighted by atomic mass is 9.82. The van der Waals surface area contributed by atoms with E-state index in [0.29, 0.717) is 60.7 Å². The van der Waals surface area contributed by atoms with Crippen LogP contribution in [-0.2, 0) is 0 Å². The summed E-state index contributed by atoms with van der Waals surface area (Å²) in [5.74, 6) is 1.46. The minimum absolute atomic E-state index is 0.0113. The van der Waals surface area contributed by atoms with Gasteiger partial charge in [-0.05, 0) is 24.3 Å². The van der Waals surface area contributed by atoms with Crippen LogP contribution in [0.1, 0.15) is 40.0 Å². The van der Waals surface area contributed by atoms with Crippen LogP contribution in [0.3, 0.4) is 0 Å². The zero-order chi connectivity index (χ0) is 19.7. The molecule has 6 heteroatoms. The van der Waals surface area contributed by atoms with E-state index in [1.807, 2.05) is 35.2 Å². The molecular weight excluding hydrogens is 358 g/mol. The van der Waals surface area contributed by atoms with Crippen molar-refractivity contribution in [3.63, 3.8) is 0 Å². The highest BCUT2D eigenvalue weighted by Gasteiger charge is 2.45. The number of hydrogen-bond acceptors (Lipinski definition) is 5. The van der Waals surface area contributed by atoms with Crippen LogP contribution in [-0.4, -0.2) is 49.5 Å². The number of likely N-dealkylation sites (tertiary alicyclic amines) is 1. The number of nitrogens with zero attached hydrogens (tertiary/aromatic N) is 1. The average Bonchev–Trinajstić information content (AvgIpc) is 2.73.